The molecule has 0 aliphatic heterocycles. The van der Waals surface area contributed by atoms with Crippen LogP contribution >= 0.6 is 0 Å². The zero-order chi connectivity index (χ0) is 16.2. The number of nitrogens with zero attached hydrogens (tertiary/aromatic N) is 1. The second-order valence-electron chi connectivity index (χ2n) is 5.46. The fourth-order valence-electron chi connectivity index (χ4n) is 1.94. The second kappa shape index (κ2) is 10.7. The number of aliphatic imine (C=N–C) groups is 1. The first kappa shape index (κ1) is 18.0. The molecule has 0 saturated heterocycles. The van der Waals surface area contributed by atoms with Crippen LogP contribution in [-0.4, -0.2) is 38.5 Å². The van der Waals surface area contributed by atoms with Gasteiger partial charge in [-0.15, -0.1) is 0 Å². The molecular formula is C17H28N4O. The summed E-state index contributed by atoms with van der Waals surface area (Å²) in [5.41, 5.74) is 1.35. The minimum atomic E-state index is 0.0235. The van der Waals surface area contributed by atoms with Crippen molar-refractivity contribution in [3.63, 3.8) is 0 Å². The zero-order valence-electron chi connectivity index (χ0n) is 13.9. The number of hydrogen-bond donors (Lipinski definition) is 3. The number of amides is 1. The lowest BCUT2D eigenvalue weighted by Gasteiger charge is -2.13. The Balaban J connectivity index is 2.11. The van der Waals surface area contributed by atoms with E-state index in [2.05, 4.69) is 45.2 Å². The Morgan fingerprint density at radius 1 is 1.05 bits per heavy atom. The molecule has 3 N–H and O–H groups in total. The molecule has 0 atom stereocenters. The number of rotatable bonds is 8. The molecular weight excluding hydrogens is 276 g/mol. The Morgan fingerprint density at radius 3 is 2.32 bits per heavy atom. The van der Waals surface area contributed by atoms with Crippen molar-refractivity contribution >= 4 is 11.9 Å². The molecule has 5 heteroatoms. The van der Waals surface area contributed by atoms with E-state index in [0.29, 0.717) is 13.1 Å². The lowest BCUT2D eigenvalue weighted by molar-refractivity contribution is -0.123. The van der Waals surface area contributed by atoms with Gasteiger partial charge in [0.1, 0.15) is 0 Å². The summed E-state index contributed by atoms with van der Waals surface area (Å²) >= 11 is 0. The van der Waals surface area contributed by atoms with Crippen LogP contribution in [0.1, 0.15) is 25.8 Å². The third-order valence-electron chi connectivity index (χ3n) is 3.24. The molecule has 0 saturated carbocycles. The van der Waals surface area contributed by atoms with Gasteiger partial charge in [-0.2, -0.15) is 0 Å². The Labute approximate surface area is 133 Å². The summed E-state index contributed by atoms with van der Waals surface area (Å²) in [6.45, 7) is 5.90. The standard InChI is InChI=1S/C17H28N4O/c1-14(2)16(22)19-12-13-21-17(18-3)20-11-7-10-15-8-5-4-6-9-15/h4-6,8-9,14H,7,10-13H2,1-3H3,(H,19,22)(H2,18,20,21). The largest absolute Gasteiger partial charge is 0.356 e. The molecule has 0 heterocycles. The molecule has 1 rings (SSSR count). The first-order chi connectivity index (χ1) is 10.6. The van der Waals surface area contributed by atoms with Crippen LogP contribution in [0.25, 0.3) is 0 Å². The van der Waals surface area contributed by atoms with Crippen molar-refractivity contribution in [2.75, 3.05) is 26.7 Å². The predicted octanol–water partition coefficient (Wildman–Crippen LogP) is 1.56. The lowest BCUT2D eigenvalue weighted by Crippen LogP contribution is -2.42. The third-order valence-corrected chi connectivity index (χ3v) is 3.24. The quantitative estimate of drug-likeness (QED) is 0.388. The molecule has 0 radical (unpaired) electrons. The highest BCUT2D eigenvalue weighted by Crippen LogP contribution is 2.01. The Morgan fingerprint density at radius 2 is 1.68 bits per heavy atom. The number of aryl methyl sites for hydroxylation is 1. The normalized spacial score (nSPS) is 11.4. The summed E-state index contributed by atoms with van der Waals surface area (Å²) in [5, 5.41) is 9.33. The molecule has 1 amide bonds. The highest BCUT2D eigenvalue weighted by Gasteiger charge is 2.05. The zero-order valence-corrected chi connectivity index (χ0v) is 13.9. The average molecular weight is 304 g/mol. The van der Waals surface area contributed by atoms with E-state index in [1.54, 1.807) is 7.05 Å². The Hall–Kier alpha value is -2.04. The molecule has 0 bridgehead atoms. The van der Waals surface area contributed by atoms with Crippen LogP contribution in [-0.2, 0) is 11.2 Å². The minimum Gasteiger partial charge on any atom is -0.356 e. The Kier molecular flexibility index (Phi) is 8.72. The van der Waals surface area contributed by atoms with Crippen molar-refractivity contribution < 1.29 is 4.79 Å². The fraction of sp³-hybridized carbons (Fsp3) is 0.529. The Bertz CT molecular complexity index is 457. The summed E-state index contributed by atoms with van der Waals surface area (Å²) in [7, 11) is 1.75. The van der Waals surface area contributed by atoms with Gasteiger partial charge in [0.25, 0.3) is 0 Å². The molecule has 1 aromatic rings. The summed E-state index contributed by atoms with van der Waals surface area (Å²) in [5.74, 6) is 0.870. The number of carbonyl (C=O) groups is 1. The second-order valence-corrected chi connectivity index (χ2v) is 5.46. The molecule has 0 spiro atoms. The summed E-state index contributed by atoms with van der Waals surface area (Å²) in [4.78, 5) is 15.6. The minimum absolute atomic E-state index is 0.0235. The van der Waals surface area contributed by atoms with Crippen molar-refractivity contribution in [2.45, 2.75) is 26.7 Å². The first-order valence-electron chi connectivity index (χ1n) is 7.89. The van der Waals surface area contributed by atoms with Crippen LogP contribution in [0, 0.1) is 5.92 Å². The summed E-state index contributed by atoms with van der Waals surface area (Å²) in [6, 6.07) is 10.4. The maximum atomic E-state index is 11.4. The SMILES string of the molecule is CN=C(NCCCc1ccccc1)NCCNC(=O)C(C)C. The van der Waals surface area contributed by atoms with Crippen LogP contribution in [0.4, 0.5) is 0 Å². The van der Waals surface area contributed by atoms with Crippen molar-refractivity contribution in [3.05, 3.63) is 35.9 Å². The van der Waals surface area contributed by atoms with Crippen molar-refractivity contribution in [3.8, 4) is 0 Å². The maximum absolute atomic E-state index is 11.4. The van der Waals surface area contributed by atoms with E-state index in [1.165, 1.54) is 5.56 Å². The fourth-order valence-corrected chi connectivity index (χ4v) is 1.94. The molecule has 1 aromatic carbocycles. The van der Waals surface area contributed by atoms with E-state index in [0.717, 1.165) is 25.3 Å². The van der Waals surface area contributed by atoms with Gasteiger partial charge in [-0.25, -0.2) is 0 Å². The van der Waals surface area contributed by atoms with Gasteiger partial charge in [0, 0.05) is 32.6 Å². The maximum Gasteiger partial charge on any atom is 0.222 e. The summed E-state index contributed by atoms with van der Waals surface area (Å²) < 4.78 is 0. The molecule has 0 fully saturated rings. The van der Waals surface area contributed by atoms with Gasteiger partial charge in [-0.3, -0.25) is 9.79 Å². The molecule has 0 aromatic heterocycles. The lowest BCUT2D eigenvalue weighted by atomic mass is 10.1. The highest BCUT2D eigenvalue weighted by molar-refractivity contribution is 5.80. The van der Waals surface area contributed by atoms with Crippen LogP contribution in [0.2, 0.25) is 0 Å². The number of benzene rings is 1. The van der Waals surface area contributed by atoms with Crippen LogP contribution in [0.3, 0.4) is 0 Å². The van der Waals surface area contributed by atoms with E-state index >= 15 is 0 Å². The van der Waals surface area contributed by atoms with Gasteiger partial charge in [0.15, 0.2) is 5.96 Å². The predicted molar refractivity (Wildman–Crippen MR) is 92.0 cm³/mol. The highest BCUT2D eigenvalue weighted by atomic mass is 16.1. The van der Waals surface area contributed by atoms with Gasteiger partial charge in [0.2, 0.25) is 5.91 Å². The van der Waals surface area contributed by atoms with E-state index < -0.39 is 0 Å². The van der Waals surface area contributed by atoms with Gasteiger partial charge in [0.05, 0.1) is 0 Å². The third kappa shape index (κ3) is 7.67. The number of hydrogen-bond acceptors (Lipinski definition) is 2. The topological polar surface area (TPSA) is 65.5 Å². The van der Waals surface area contributed by atoms with E-state index in [-0.39, 0.29) is 11.8 Å². The van der Waals surface area contributed by atoms with Crippen molar-refractivity contribution in [1.82, 2.24) is 16.0 Å². The van der Waals surface area contributed by atoms with Gasteiger partial charge in [-0.05, 0) is 18.4 Å². The van der Waals surface area contributed by atoms with Gasteiger partial charge < -0.3 is 16.0 Å². The van der Waals surface area contributed by atoms with Gasteiger partial charge in [-0.1, -0.05) is 44.2 Å². The first-order valence-corrected chi connectivity index (χ1v) is 7.89. The molecule has 0 aliphatic rings. The molecule has 122 valence electrons. The molecule has 0 unspecified atom stereocenters. The smallest absolute Gasteiger partial charge is 0.222 e. The number of nitrogens with one attached hydrogen (secondary N) is 3. The average Bonchev–Trinajstić information content (AvgIpc) is 2.54. The van der Waals surface area contributed by atoms with Crippen molar-refractivity contribution in [2.24, 2.45) is 10.9 Å². The molecule has 22 heavy (non-hydrogen) atoms. The monoisotopic (exact) mass is 304 g/mol. The van der Waals surface area contributed by atoms with Gasteiger partial charge >= 0.3 is 0 Å². The van der Waals surface area contributed by atoms with Crippen LogP contribution in [0.15, 0.2) is 35.3 Å². The van der Waals surface area contributed by atoms with E-state index in [9.17, 15) is 4.79 Å². The van der Waals surface area contributed by atoms with Crippen LogP contribution < -0.4 is 16.0 Å². The van der Waals surface area contributed by atoms with Crippen molar-refractivity contribution in [1.29, 1.82) is 0 Å². The molecule has 0 aliphatic carbocycles. The number of carbonyl (C=O) groups excluding carboxylic acids is 1. The van der Waals surface area contributed by atoms with E-state index in [4.69, 9.17) is 0 Å². The summed E-state index contributed by atoms with van der Waals surface area (Å²) in [6.07, 6.45) is 2.10. The van der Waals surface area contributed by atoms with E-state index in [1.807, 2.05) is 19.9 Å². The van der Waals surface area contributed by atoms with Crippen LogP contribution in [0.5, 0.6) is 0 Å². The molecule has 5 nitrogen and oxygen atoms in total. The number of guanidine groups is 1.